The molecule has 2 saturated heterocycles. The lowest BCUT2D eigenvalue weighted by Gasteiger charge is -2.37. The maximum atomic E-state index is 12.6. The van der Waals surface area contributed by atoms with Crippen molar-refractivity contribution >= 4 is 33.3 Å². The van der Waals surface area contributed by atoms with Gasteiger partial charge in [-0.3, -0.25) is 4.90 Å². The second-order valence-corrected chi connectivity index (χ2v) is 9.42. The van der Waals surface area contributed by atoms with Crippen LogP contribution in [-0.2, 0) is 6.54 Å². The highest BCUT2D eigenvalue weighted by Gasteiger charge is 2.23. The molecule has 30 heavy (non-hydrogen) atoms. The second kappa shape index (κ2) is 9.84. The molecule has 0 aliphatic carbocycles. The molecule has 0 unspecified atom stereocenters. The first-order valence-corrected chi connectivity index (χ1v) is 11.7. The number of nitrogens with one attached hydrogen (secondary N) is 1. The molecule has 2 fully saturated rings. The number of para-hydroxylation sites is 1. The van der Waals surface area contributed by atoms with Gasteiger partial charge in [-0.25, -0.2) is 4.79 Å². The van der Waals surface area contributed by atoms with Gasteiger partial charge in [0.15, 0.2) is 0 Å². The molecule has 160 valence electrons. The highest BCUT2D eigenvalue weighted by Crippen LogP contribution is 2.27. The number of hydrogen-bond donors (Lipinski definition) is 1. The molecule has 0 saturated carbocycles. The number of piperazine rings is 1. The van der Waals surface area contributed by atoms with Crippen molar-refractivity contribution in [2.45, 2.75) is 26.3 Å². The van der Waals surface area contributed by atoms with E-state index < -0.39 is 0 Å². The van der Waals surface area contributed by atoms with E-state index in [0.29, 0.717) is 0 Å². The van der Waals surface area contributed by atoms with Crippen LogP contribution in [0.25, 0.3) is 0 Å². The van der Waals surface area contributed by atoms with E-state index in [0.717, 1.165) is 61.9 Å². The molecule has 2 heterocycles. The number of carbonyl (C=O) groups excluding carboxylic acids is 1. The Morgan fingerprint density at radius 2 is 1.73 bits per heavy atom. The summed E-state index contributed by atoms with van der Waals surface area (Å²) in [6.07, 6.45) is 2.56. The molecular formula is C24H31BrN4O. The molecule has 0 radical (unpaired) electrons. The first-order chi connectivity index (χ1) is 14.6. The lowest BCUT2D eigenvalue weighted by Crippen LogP contribution is -2.49. The molecule has 2 aromatic rings. The minimum Gasteiger partial charge on any atom is -0.371 e. The van der Waals surface area contributed by atoms with Gasteiger partial charge in [-0.15, -0.1) is 0 Å². The van der Waals surface area contributed by atoms with Gasteiger partial charge in [0.25, 0.3) is 0 Å². The summed E-state index contributed by atoms with van der Waals surface area (Å²) in [4.78, 5) is 19.5. The Hall–Kier alpha value is -2.05. The van der Waals surface area contributed by atoms with Crippen LogP contribution in [0.4, 0.5) is 16.2 Å². The third-order valence-corrected chi connectivity index (χ3v) is 6.74. The van der Waals surface area contributed by atoms with E-state index in [-0.39, 0.29) is 6.03 Å². The van der Waals surface area contributed by atoms with E-state index in [1.165, 1.54) is 24.1 Å². The standard InChI is InChI=1S/C24H31BrN4O/c1-19-9-11-28(12-10-19)23-8-3-2-5-20(23)18-27-13-15-29(16-14-27)24(30)26-22-7-4-6-21(25)17-22/h2-8,17,19H,9-16,18H2,1H3,(H,26,30). The summed E-state index contributed by atoms with van der Waals surface area (Å²) >= 11 is 3.45. The highest BCUT2D eigenvalue weighted by atomic mass is 79.9. The molecule has 2 aliphatic rings. The summed E-state index contributed by atoms with van der Waals surface area (Å²) in [5.74, 6) is 0.838. The van der Waals surface area contributed by atoms with Crippen molar-refractivity contribution in [2.75, 3.05) is 49.5 Å². The van der Waals surface area contributed by atoms with Crippen LogP contribution in [0, 0.1) is 5.92 Å². The van der Waals surface area contributed by atoms with Crippen LogP contribution in [0.2, 0.25) is 0 Å². The number of amides is 2. The fourth-order valence-corrected chi connectivity index (χ4v) is 4.72. The minimum absolute atomic E-state index is 0.0180. The first kappa shape index (κ1) is 21.2. The average Bonchev–Trinajstić information content (AvgIpc) is 2.75. The molecule has 2 aliphatic heterocycles. The summed E-state index contributed by atoms with van der Waals surface area (Å²) in [6, 6.07) is 16.5. The lowest BCUT2D eigenvalue weighted by atomic mass is 9.98. The fourth-order valence-electron chi connectivity index (χ4n) is 4.32. The molecule has 1 N–H and O–H groups in total. The molecule has 0 bridgehead atoms. The number of hydrogen-bond acceptors (Lipinski definition) is 3. The number of nitrogens with zero attached hydrogens (tertiary/aromatic N) is 3. The maximum Gasteiger partial charge on any atom is 0.321 e. The Kier molecular flexibility index (Phi) is 6.95. The number of halogens is 1. The average molecular weight is 471 g/mol. The van der Waals surface area contributed by atoms with E-state index in [4.69, 9.17) is 0 Å². The van der Waals surface area contributed by atoms with Crippen molar-refractivity contribution in [1.29, 1.82) is 0 Å². The normalized spacial score (nSPS) is 18.5. The van der Waals surface area contributed by atoms with E-state index in [9.17, 15) is 4.79 Å². The smallest absolute Gasteiger partial charge is 0.321 e. The Balaban J connectivity index is 1.31. The van der Waals surface area contributed by atoms with Crippen molar-refractivity contribution in [2.24, 2.45) is 5.92 Å². The molecular weight excluding hydrogens is 440 g/mol. The molecule has 5 nitrogen and oxygen atoms in total. The van der Waals surface area contributed by atoms with Gasteiger partial charge >= 0.3 is 6.03 Å². The number of anilines is 2. The Labute approximate surface area is 188 Å². The number of urea groups is 1. The van der Waals surface area contributed by atoms with Crippen molar-refractivity contribution in [3.05, 3.63) is 58.6 Å². The van der Waals surface area contributed by atoms with Crippen molar-refractivity contribution < 1.29 is 4.79 Å². The zero-order chi connectivity index (χ0) is 20.9. The van der Waals surface area contributed by atoms with Gasteiger partial charge in [-0.05, 0) is 48.6 Å². The van der Waals surface area contributed by atoms with Gasteiger partial charge in [0.2, 0.25) is 0 Å². The zero-order valence-corrected chi connectivity index (χ0v) is 19.3. The molecule has 0 spiro atoms. The number of piperidine rings is 1. The zero-order valence-electron chi connectivity index (χ0n) is 17.7. The summed E-state index contributed by atoms with van der Waals surface area (Å²) < 4.78 is 0.965. The van der Waals surface area contributed by atoms with Crippen LogP contribution in [0.5, 0.6) is 0 Å². The third-order valence-electron chi connectivity index (χ3n) is 6.25. The summed E-state index contributed by atoms with van der Waals surface area (Å²) in [7, 11) is 0. The summed E-state index contributed by atoms with van der Waals surface area (Å²) in [5.41, 5.74) is 3.61. The van der Waals surface area contributed by atoms with E-state index >= 15 is 0 Å². The van der Waals surface area contributed by atoms with Crippen molar-refractivity contribution in [3.63, 3.8) is 0 Å². The lowest BCUT2D eigenvalue weighted by molar-refractivity contribution is 0.143. The van der Waals surface area contributed by atoms with Crippen LogP contribution in [0.3, 0.4) is 0 Å². The van der Waals surface area contributed by atoms with Gasteiger partial charge in [0.1, 0.15) is 0 Å². The van der Waals surface area contributed by atoms with Gasteiger partial charge in [-0.2, -0.15) is 0 Å². The SMILES string of the molecule is CC1CCN(c2ccccc2CN2CCN(C(=O)Nc3cccc(Br)c3)CC2)CC1. The molecule has 0 atom stereocenters. The molecule has 4 rings (SSSR count). The Bertz CT molecular complexity index is 858. The van der Waals surface area contributed by atoms with Crippen LogP contribution in [0.15, 0.2) is 53.0 Å². The topological polar surface area (TPSA) is 38.8 Å². The monoisotopic (exact) mass is 470 g/mol. The summed E-state index contributed by atoms with van der Waals surface area (Å²) in [6.45, 7) is 8.92. The molecule has 2 amide bonds. The first-order valence-electron chi connectivity index (χ1n) is 11.0. The van der Waals surface area contributed by atoms with Crippen LogP contribution >= 0.6 is 15.9 Å². The Morgan fingerprint density at radius 3 is 2.47 bits per heavy atom. The van der Waals surface area contributed by atoms with Crippen molar-refractivity contribution in [3.8, 4) is 0 Å². The third kappa shape index (κ3) is 5.35. The van der Waals surface area contributed by atoms with Crippen LogP contribution < -0.4 is 10.2 Å². The van der Waals surface area contributed by atoms with Gasteiger partial charge in [0.05, 0.1) is 0 Å². The molecule has 6 heteroatoms. The quantitative estimate of drug-likeness (QED) is 0.680. The van der Waals surface area contributed by atoms with E-state index in [2.05, 4.69) is 62.2 Å². The number of rotatable bonds is 4. The van der Waals surface area contributed by atoms with Crippen molar-refractivity contribution in [1.82, 2.24) is 9.80 Å². The maximum absolute atomic E-state index is 12.6. The number of benzene rings is 2. The van der Waals surface area contributed by atoms with Gasteiger partial charge in [0, 0.05) is 61.7 Å². The predicted molar refractivity (Wildman–Crippen MR) is 127 cm³/mol. The second-order valence-electron chi connectivity index (χ2n) is 8.50. The molecule has 0 aromatic heterocycles. The highest BCUT2D eigenvalue weighted by molar-refractivity contribution is 9.10. The Morgan fingerprint density at radius 1 is 1.00 bits per heavy atom. The predicted octanol–water partition coefficient (Wildman–Crippen LogP) is 5.04. The minimum atomic E-state index is -0.0180. The fraction of sp³-hybridized carbons (Fsp3) is 0.458. The van der Waals surface area contributed by atoms with E-state index in [1.807, 2.05) is 29.2 Å². The number of carbonyl (C=O) groups is 1. The van der Waals surface area contributed by atoms with Crippen LogP contribution in [-0.4, -0.2) is 55.1 Å². The van der Waals surface area contributed by atoms with Crippen LogP contribution in [0.1, 0.15) is 25.3 Å². The summed E-state index contributed by atoms with van der Waals surface area (Å²) in [5, 5.41) is 3.00. The van der Waals surface area contributed by atoms with Gasteiger partial charge in [-0.1, -0.05) is 47.1 Å². The molecule has 2 aromatic carbocycles. The van der Waals surface area contributed by atoms with E-state index in [1.54, 1.807) is 0 Å². The van der Waals surface area contributed by atoms with Gasteiger partial charge < -0.3 is 15.1 Å². The largest absolute Gasteiger partial charge is 0.371 e.